The van der Waals surface area contributed by atoms with Gasteiger partial charge in [0.2, 0.25) is 0 Å². The Balaban J connectivity index is 2.10. The van der Waals surface area contributed by atoms with Crippen molar-refractivity contribution in [1.82, 2.24) is 20.6 Å². The van der Waals surface area contributed by atoms with Crippen molar-refractivity contribution in [3.8, 4) is 11.5 Å². The minimum Gasteiger partial charge on any atom is -0.497 e. The molecule has 1 aromatic carbocycles. The van der Waals surface area contributed by atoms with Crippen LogP contribution in [0, 0.1) is 0 Å². The first kappa shape index (κ1) is 11.8. The molecule has 8 heteroatoms. The first-order valence-electron chi connectivity index (χ1n) is 5.08. The lowest BCUT2D eigenvalue weighted by Gasteiger charge is -2.06. The largest absolute Gasteiger partial charge is 0.497 e. The van der Waals surface area contributed by atoms with Gasteiger partial charge in [0.1, 0.15) is 11.5 Å². The molecule has 1 aromatic heterocycles. The summed E-state index contributed by atoms with van der Waals surface area (Å²) in [6.45, 7) is 0. The number of aromatic nitrogens is 4. The van der Waals surface area contributed by atoms with Crippen molar-refractivity contribution in [2.45, 2.75) is 0 Å². The first-order chi connectivity index (χ1) is 8.83. The number of ether oxygens (including phenoxy) is 2. The zero-order chi connectivity index (χ0) is 12.8. The topological polar surface area (TPSA) is 97.3 Å². The van der Waals surface area contributed by atoms with E-state index in [1.54, 1.807) is 26.5 Å². The Labute approximate surface area is 103 Å². The molecule has 0 radical (unpaired) electrons. The van der Waals surface area contributed by atoms with Crippen molar-refractivity contribution in [1.29, 1.82) is 0 Å². The van der Waals surface area contributed by atoms with E-state index >= 15 is 0 Å². The molecule has 0 aliphatic carbocycles. The van der Waals surface area contributed by atoms with Gasteiger partial charge >= 0.3 is 0 Å². The van der Waals surface area contributed by atoms with Crippen LogP contribution >= 0.6 is 0 Å². The minimum absolute atomic E-state index is 0.290. The quantitative estimate of drug-likeness (QED) is 0.596. The van der Waals surface area contributed by atoms with E-state index in [4.69, 9.17) is 9.47 Å². The SMILES string of the molecule is COc1ccc(/C=N/Nc2nn[nH]n2)c(OC)c1. The molecule has 2 N–H and O–H groups in total. The third-order valence-electron chi connectivity index (χ3n) is 2.15. The van der Waals surface area contributed by atoms with Crippen molar-refractivity contribution in [2.75, 3.05) is 19.6 Å². The second-order valence-electron chi connectivity index (χ2n) is 3.21. The number of nitrogens with one attached hydrogen (secondary N) is 2. The molecule has 0 saturated heterocycles. The standard InChI is InChI=1S/C10H12N6O2/c1-17-8-4-3-7(9(5-8)18-2)6-11-12-10-13-15-16-14-10/h3-6H,1-2H3,(H2,12,13,14,15,16)/b11-6+. The third-order valence-corrected chi connectivity index (χ3v) is 2.15. The molecule has 0 bridgehead atoms. The number of aromatic amines is 1. The number of hydrazone groups is 1. The molecule has 94 valence electrons. The summed E-state index contributed by atoms with van der Waals surface area (Å²) in [5.74, 6) is 1.67. The predicted molar refractivity (Wildman–Crippen MR) is 64.9 cm³/mol. The molecule has 0 saturated carbocycles. The van der Waals surface area contributed by atoms with Crippen LogP contribution in [0.15, 0.2) is 23.3 Å². The molecule has 0 atom stereocenters. The Morgan fingerprint density at radius 1 is 1.33 bits per heavy atom. The number of tetrazole rings is 1. The van der Waals surface area contributed by atoms with E-state index in [1.165, 1.54) is 0 Å². The lowest BCUT2D eigenvalue weighted by Crippen LogP contribution is -1.96. The van der Waals surface area contributed by atoms with Crippen LogP contribution in [-0.4, -0.2) is 41.1 Å². The van der Waals surface area contributed by atoms with Gasteiger partial charge in [-0.3, -0.25) is 0 Å². The average molecular weight is 248 g/mol. The number of hydrogen-bond acceptors (Lipinski definition) is 7. The molecule has 0 fully saturated rings. The van der Waals surface area contributed by atoms with Gasteiger partial charge in [-0.25, -0.2) is 5.43 Å². The number of methoxy groups -OCH3 is 2. The highest BCUT2D eigenvalue weighted by atomic mass is 16.5. The van der Waals surface area contributed by atoms with Gasteiger partial charge < -0.3 is 9.47 Å². The molecule has 0 aliphatic rings. The summed E-state index contributed by atoms with van der Waals surface area (Å²) in [4.78, 5) is 0. The molecular weight excluding hydrogens is 236 g/mol. The molecule has 0 unspecified atom stereocenters. The monoisotopic (exact) mass is 248 g/mol. The highest BCUT2D eigenvalue weighted by Crippen LogP contribution is 2.22. The lowest BCUT2D eigenvalue weighted by molar-refractivity contribution is 0.394. The normalized spacial score (nSPS) is 10.6. The predicted octanol–water partition coefficient (Wildman–Crippen LogP) is 0.663. The fourth-order valence-electron chi connectivity index (χ4n) is 1.29. The highest BCUT2D eigenvalue weighted by Gasteiger charge is 2.02. The highest BCUT2D eigenvalue weighted by molar-refractivity contribution is 5.84. The molecule has 2 rings (SSSR count). The van der Waals surface area contributed by atoms with Crippen LogP contribution in [0.4, 0.5) is 5.95 Å². The van der Waals surface area contributed by atoms with Crippen LogP contribution < -0.4 is 14.9 Å². The zero-order valence-electron chi connectivity index (χ0n) is 9.91. The number of benzene rings is 1. The summed E-state index contributed by atoms with van der Waals surface area (Å²) >= 11 is 0. The Kier molecular flexibility index (Phi) is 3.69. The van der Waals surface area contributed by atoms with E-state index in [0.29, 0.717) is 11.7 Å². The maximum Gasteiger partial charge on any atom is 0.283 e. The van der Waals surface area contributed by atoms with Crippen LogP contribution in [0.5, 0.6) is 11.5 Å². The summed E-state index contributed by atoms with van der Waals surface area (Å²) in [6.07, 6.45) is 1.59. The van der Waals surface area contributed by atoms with Gasteiger partial charge in [0.15, 0.2) is 0 Å². The van der Waals surface area contributed by atoms with Crippen LogP contribution in [0.1, 0.15) is 5.56 Å². The molecular formula is C10H12N6O2. The number of hydrogen-bond donors (Lipinski definition) is 2. The van der Waals surface area contributed by atoms with E-state index in [-0.39, 0.29) is 0 Å². The van der Waals surface area contributed by atoms with Crippen molar-refractivity contribution >= 4 is 12.2 Å². The summed E-state index contributed by atoms with van der Waals surface area (Å²) < 4.78 is 10.3. The summed E-state index contributed by atoms with van der Waals surface area (Å²) in [5.41, 5.74) is 3.42. The Morgan fingerprint density at radius 3 is 2.89 bits per heavy atom. The van der Waals surface area contributed by atoms with Gasteiger partial charge in [-0.15, -0.1) is 5.10 Å². The molecule has 8 nitrogen and oxygen atoms in total. The Bertz CT molecular complexity index is 525. The molecule has 0 amide bonds. The third kappa shape index (κ3) is 2.73. The second-order valence-corrected chi connectivity index (χ2v) is 3.21. The van der Waals surface area contributed by atoms with Gasteiger partial charge in [-0.1, -0.05) is 5.10 Å². The van der Waals surface area contributed by atoms with Crippen LogP contribution in [0.3, 0.4) is 0 Å². The molecule has 0 aliphatic heterocycles. The second kappa shape index (κ2) is 5.62. The molecule has 1 heterocycles. The van der Waals surface area contributed by atoms with Crippen molar-refractivity contribution in [2.24, 2.45) is 5.10 Å². The maximum absolute atomic E-state index is 5.23. The number of H-pyrrole nitrogens is 1. The number of anilines is 1. The van der Waals surface area contributed by atoms with Gasteiger partial charge in [-0.05, 0) is 17.3 Å². The van der Waals surface area contributed by atoms with E-state index < -0.39 is 0 Å². The molecule has 18 heavy (non-hydrogen) atoms. The van der Waals surface area contributed by atoms with Crippen LogP contribution in [-0.2, 0) is 0 Å². The number of rotatable bonds is 5. The van der Waals surface area contributed by atoms with E-state index in [0.717, 1.165) is 11.3 Å². The summed E-state index contributed by atoms with van der Waals surface area (Å²) in [7, 11) is 3.18. The Morgan fingerprint density at radius 2 is 2.22 bits per heavy atom. The van der Waals surface area contributed by atoms with Crippen molar-refractivity contribution < 1.29 is 9.47 Å². The van der Waals surface area contributed by atoms with Crippen LogP contribution in [0.25, 0.3) is 0 Å². The lowest BCUT2D eigenvalue weighted by atomic mass is 10.2. The minimum atomic E-state index is 0.290. The average Bonchev–Trinajstić information content (AvgIpc) is 2.92. The zero-order valence-corrected chi connectivity index (χ0v) is 9.91. The van der Waals surface area contributed by atoms with Crippen molar-refractivity contribution in [3.63, 3.8) is 0 Å². The van der Waals surface area contributed by atoms with Crippen LogP contribution in [0.2, 0.25) is 0 Å². The maximum atomic E-state index is 5.23. The Hall–Kier alpha value is -2.64. The van der Waals surface area contributed by atoms with Gasteiger partial charge in [0.05, 0.1) is 20.4 Å². The van der Waals surface area contributed by atoms with Crippen molar-refractivity contribution in [3.05, 3.63) is 23.8 Å². The fourth-order valence-corrected chi connectivity index (χ4v) is 1.29. The van der Waals surface area contributed by atoms with Gasteiger partial charge in [0, 0.05) is 11.6 Å². The summed E-state index contributed by atoms with van der Waals surface area (Å²) in [6, 6.07) is 5.42. The van der Waals surface area contributed by atoms with Gasteiger partial charge in [-0.2, -0.15) is 10.3 Å². The summed E-state index contributed by atoms with van der Waals surface area (Å²) in [5, 5.41) is 17.1. The van der Waals surface area contributed by atoms with E-state index in [9.17, 15) is 0 Å². The first-order valence-corrected chi connectivity index (χ1v) is 5.08. The van der Waals surface area contributed by atoms with E-state index in [1.807, 2.05) is 12.1 Å². The van der Waals surface area contributed by atoms with Gasteiger partial charge in [0.25, 0.3) is 5.95 Å². The van der Waals surface area contributed by atoms with E-state index in [2.05, 4.69) is 31.2 Å². The number of nitrogens with zero attached hydrogens (tertiary/aromatic N) is 4. The smallest absolute Gasteiger partial charge is 0.283 e. The molecule has 0 spiro atoms. The molecule has 2 aromatic rings. The fraction of sp³-hybridized carbons (Fsp3) is 0.200.